The number of carbonyl (C=O) groups excluding carboxylic acids is 3. The van der Waals surface area contributed by atoms with Crippen LogP contribution in [0.3, 0.4) is 0 Å². The smallest absolute Gasteiger partial charge is 0.254 e. The molecule has 4 rings (SSSR count). The molecule has 0 spiro atoms. The highest BCUT2D eigenvalue weighted by Gasteiger charge is 2.26. The summed E-state index contributed by atoms with van der Waals surface area (Å²) in [6.45, 7) is 6.01. The van der Waals surface area contributed by atoms with E-state index < -0.39 is 6.10 Å². The van der Waals surface area contributed by atoms with Crippen molar-refractivity contribution in [2.45, 2.75) is 51.5 Å². The molecule has 34 heavy (non-hydrogen) atoms. The molecule has 2 N–H and O–H groups in total. The molecular formula is C26H31N3O5. The Morgan fingerprint density at radius 1 is 1.00 bits per heavy atom. The molecule has 0 radical (unpaired) electrons. The van der Waals surface area contributed by atoms with Crippen LogP contribution in [0.1, 0.15) is 53.0 Å². The van der Waals surface area contributed by atoms with E-state index in [2.05, 4.69) is 10.6 Å². The molecule has 2 aromatic carbocycles. The molecule has 2 aromatic rings. The third-order valence-corrected chi connectivity index (χ3v) is 5.98. The third kappa shape index (κ3) is 6.01. The maximum Gasteiger partial charge on any atom is 0.254 e. The zero-order valence-electron chi connectivity index (χ0n) is 19.6. The van der Waals surface area contributed by atoms with Gasteiger partial charge in [0.2, 0.25) is 0 Å². The maximum absolute atomic E-state index is 12.8. The van der Waals surface area contributed by atoms with Gasteiger partial charge in [-0.1, -0.05) is 18.2 Å². The minimum atomic E-state index is -0.428. The van der Waals surface area contributed by atoms with Crippen molar-refractivity contribution in [3.63, 3.8) is 0 Å². The van der Waals surface area contributed by atoms with Gasteiger partial charge in [-0.25, -0.2) is 0 Å². The number of benzene rings is 2. The van der Waals surface area contributed by atoms with Gasteiger partial charge in [0.15, 0.2) is 0 Å². The molecule has 180 valence electrons. The summed E-state index contributed by atoms with van der Waals surface area (Å²) in [4.78, 5) is 39.5. The first-order chi connectivity index (χ1) is 16.4. The lowest BCUT2D eigenvalue weighted by atomic mass is 10.1. The van der Waals surface area contributed by atoms with E-state index in [1.54, 1.807) is 36.4 Å². The van der Waals surface area contributed by atoms with Crippen molar-refractivity contribution in [2.24, 2.45) is 0 Å². The molecule has 3 amide bonds. The summed E-state index contributed by atoms with van der Waals surface area (Å²) in [6, 6.07) is 14.1. The SMILES string of the molecule is CC1CN(C(=O)c2ccc(CNC(=O)c3cccc(NC(=O)C4CCCO4)c3)cc2)CC(C)O1. The van der Waals surface area contributed by atoms with Crippen LogP contribution in [0.4, 0.5) is 5.69 Å². The van der Waals surface area contributed by atoms with Crippen LogP contribution in [0, 0.1) is 0 Å². The second-order valence-electron chi connectivity index (χ2n) is 8.92. The number of hydrogen-bond donors (Lipinski definition) is 2. The fourth-order valence-electron chi connectivity index (χ4n) is 4.32. The van der Waals surface area contributed by atoms with Crippen molar-refractivity contribution in [3.8, 4) is 0 Å². The van der Waals surface area contributed by atoms with Crippen LogP contribution in [0.2, 0.25) is 0 Å². The van der Waals surface area contributed by atoms with Gasteiger partial charge >= 0.3 is 0 Å². The van der Waals surface area contributed by atoms with E-state index >= 15 is 0 Å². The molecule has 3 unspecified atom stereocenters. The van der Waals surface area contributed by atoms with E-state index in [-0.39, 0.29) is 29.9 Å². The standard InChI is InChI=1S/C26H31N3O5/c1-17-15-29(16-18(2)34-17)26(32)20-10-8-19(9-11-20)14-27-24(30)21-5-3-6-22(13-21)28-25(31)23-7-4-12-33-23/h3,5-6,8-11,13,17-18,23H,4,7,12,14-16H2,1-2H3,(H,27,30)(H,28,31). The normalized spacial score (nSPS) is 22.3. The Morgan fingerprint density at radius 2 is 1.74 bits per heavy atom. The molecule has 8 nitrogen and oxygen atoms in total. The summed E-state index contributed by atoms with van der Waals surface area (Å²) in [5.74, 6) is -0.449. The monoisotopic (exact) mass is 465 g/mol. The number of nitrogens with zero attached hydrogens (tertiary/aromatic N) is 1. The van der Waals surface area contributed by atoms with Gasteiger partial charge in [0, 0.05) is 43.1 Å². The predicted octanol–water partition coefficient (Wildman–Crippen LogP) is 2.98. The van der Waals surface area contributed by atoms with Crippen LogP contribution in [0.5, 0.6) is 0 Å². The minimum Gasteiger partial charge on any atom is -0.372 e. The number of carbonyl (C=O) groups is 3. The first kappa shape index (κ1) is 23.9. The molecule has 0 aliphatic carbocycles. The van der Waals surface area contributed by atoms with E-state index in [0.717, 1.165) is 12.0 Å². The summed E-state index contributed by atoms with van der Waals surface area (Å²) < 4.78 is 11.1. The highest BCUT2D eigenvalue weighted by molar-refractivity contribution is 5.98. The summed E-state index contributed by atoms with van der Waals surface area (Å²) >= 11 is 0. The van der Waals surface area contributed by atoms with Crippen molar-refractivity contribution in [1.29, 1.82) is 0 Å². The molecule has 0 saturated carbocycles. The Labute approximate surface area is 199 Å². The van der Waals surface area contributed by atoms with Crippen LogP contribution in [-0.2, 0) is 20.8 Å². The number of ether oxygens (including phenoxy) is 2. The van der Waals surface area contributed by atoms with Crippen LogP contribution in [-0.4, -0.2) is 60.6 Å². The Kier molecular flexibility index (Phi) is 7.59. The molecule has 0 bridgehead atoms. The zero-order chi connectivity index (χ0) is 24.1. The molecule has 2 aliphatic rings. The third-order valence-electron chi connectivity index (χ3n) is 5.98. The molecule has 2 aliphatic heterocycles. The van der Waals surface area contributed by atoms with E-state index in [1.807, 2.05) is 30.9 Å². The number of rotatable bonds is 6. The van der Waals surface area contributed by atoms with Crippen LogP contribution < -0.4 is 10.6 Å². The molecule has 2 fully saturated rings. The van der Waals surface area contributed by atoms with Crippen molar-refractivity contribution in [1.82, 2.24) is 10.2 Å². The van der Waals surface area contributed by atoms with Gasteiger partial charge in [0.05, 0.1) is 12.2 Å². The first-order valence-electron chi connectivity index (χ1n) is 11.7. The number of morpholine rings is 1. The predicted molar refractivity (Wildman–Crippen MR) is 128 cm³/mol. The lowest BCUT2D eigenvalue weighted by Crippen LogP contribution is -2.48. The van der Waals surface area contributed by atoms with Gasteiger partial charge in [-0.05, 0) is 62.6 Å². The number of hydrogen-bond acceptors (Lipinski definition) is 5. The Bertz CT molecular complexity index is 1020. The van der Waals surface area contributed by atoms with E-state index in [4.69, 9.17) is 9.47 Å². The lowest BCUT2D eigenvalue weighted by molar-refractivity contribution is -0.124. The maximum atomic E-state index is 12.8. The quantitative estimate of drug-likeness (QED) is 0.684. The number of amides is 3. The summed E-state index contributed by atoms with van der Waals surface area (Å²) in [5, 5.41) is 5.70. The van der Waals surface area contributed by atoms with Gasteiger partial charge < -0.3 is 25.0 Å². The molecular weight excluding hydrogens is 434 g/mol. The summed E-state index contributed by atoms with van der Waals surface area (Å²) in [7, 11) is 0. The van der Waals surface area contributed by atoms with Gasteiger partial charge in [0.25, 0.3) is 17.7 Å². The van der Waals surface area contributed by atoms with E-state index in [9.17, 15) is 14.4 Å². The lowest BCUT2D eigenvalue weighted by Gasteiger charge is -2.35. The highest BCUT2D eigenvalue weighted by atomic mass is 16.5. The van der Waals surface area contributed by atoms with Gasteiger partial charge in [-0.2, -0.15) is 0 Å². The Balaban J connectivity index is 1.31. The molecule has 8 heteroatoms. The second kappa shape index (κ2) is 10.8. The van der Waals surface area contributed by atoms with Crippen molar-refractivity contribution in [3.05, 3.63) is 65.2 Å². The van der Waals surface area contributed by atoms with Gasteiger partial charge in [-0.3, -0.25) is 14.4 Å². The Hall–Kier alpha value is -3.23. The fourth-order valence-corrected chi connectivity index (χ4v) is 4.32. The topological polar surface area (TPSA) is 97.0 Å². The van der Waals surface area contributed by atoms with E-state index in [0.29, 0.717) is 49.5 Å². The molecule has 2 saturated heterocycles. The number of anilines is 1. The summed E-state index contributed by atoms with van der Waals surface area (Å²) in [5.41, 5.74) is 2.51. The molecule has 0 aromatic heterocycles. The molecule has 2 heterocycles. The van der Waals surface area contributed by atoms with Crippen molar-refractivity contribution in [2.75, 3.05) is 25.0 Å². The first-order valence-corrected chi connectivity index (χ1v) is 11.7. The minimum absolute atomic E-state index is 0.0144. The zero-order valence-corrected chi connectivity index (χ0v) is 19.6. The Morgan fingerprint density at radius 3 is 2.41 bits per heavy atom. The molecule has 3 atom stereocenters. The number of nitrogens with one attached hydrogen (secondary N) is 2. The summed E-state index contributed by atoms with van der Waals surface area (Å²) in [6.07, 6.45) is 1.19. The van der Waals surface area contributed by atoms with Crippen molar-refractivity contribution >= 4 is 23.4 Å². The van der Waals surface area contributed by atoms with Gasteiger partial charge in [-0.15, -0.1) is 0 Å². The second-order valence-corrected chi connectivity index (χ2v) is 8.92. The largest absolute Gasteiger partial charge is 0.372 e. The fraction of sp³-hybridized carbons (Fsp3) is 0.423. The average Bonchev–Trinajstić information content (AvgIpc) is 3.37. The van der Waals surface area contributed by atoms with Crippen LogP contribution in [0.15, 0.2) is 48.5 Å². The van der Waals surface area contributed by atoms with Crippen LogP contribution >= 0.6 is 0 Å². The highest BCUT2D eigenvalue weighted by Crippen LogP contribution is 2.17. The van der Waals surface area contributed by atoms with Gasteiger partial charge in [0.1, 0.15) is 6.10 Å². The average molecular weight is 466 g/mol. The van der Waals surface area contributed by atoms with Crippen LogP contribution in [0.25, 0.3) is 0 Å². The van der Waals surface area contributed by atoms with Crippen molar-refractivity contribution < 1.29 is 23.9 Å². The van der Waals surface area contributed by atoms with E-state index in [1.165, 1.54) is 0 Å².